The molecule has 3 nitrogen and oxygen atoms in total. The zero-order chi connectivity index (χ0) is 50.9. The summed E-state index contributed by atoms with van der Waals surface area (Å²) in [7, 11) is 0. The Morgan fingerprint density at radius 1 is 0.219 bits per heavy atom. The molecule has 0 unspecified atom stereocenters. The van der Waals surface area contributed by atoms with Crippen molar-refractivity contribution in [2.75, 3.05) is 0 Å². The van der Waals surface area contributed by atoms with Gasteiger partial charge in [-0.25, -0.2) is 0 Å². The monoisotopic (exact) mass is 950 g/mol. The van der Waals surface area contributed by atoms with Crippen LogP contribution in [0.15, 0.2) is 188 Å². The predicted molar refractivity (Wildman–Crippen MR) is 315 cm³/mol. The van der Waals surface area contributed by atoms with E-state index >= 15 is 0 Å². The highest BCUT2D eigenvalue weighted by Gasteiger charge is 2.25. The number of aromatic nitrogens is 3. The van der Waals surface area contributed by atoms with Crippen molar-refractivity contribution in [3.8, 4) is 39.3 Å². The lowest BCUT2D eigenvalue weighted by molar-refractivity contribution is 0.590. The van der Waals surface area contributed by atoms with Crippen LogP contribution in [0.4, 0.5) is 0 Å². The summed E-state index contributed by atoms with van der Waals surface area (Å²) in [4.78, 5) is 0. The average molecular weight is 950 g/mol. The van der Waals surface area contributed by atoms with E-state index in [0.717, 1.165) is 17.1 Å². The van der Waals surface area contributed by atoms with Crippen LogP contribution in [0.2, 0.25) is 0 Å². The largest absolute Gasteiger partial charge is 0.309 e. The van der Waals surface area contributed by atoms with E-state index in [9.17, 15) is 0 Å². The van der Waals surface area contributed by atoms with E-state index in [4.69, 9.17) is 0 Å². The first-order chi connectivity index (χ1) is 34.7. The third-order valence-electron chi connectivity index (χ3n) is 15.7. The Morgan fingerprint density at radius 2 is 0.493 bits per heavy atom. The van der Waals surface area contributed by atoms with Crippen molar-refractivity contribution in [3.05, 3.63) is 210 Å². The van der Waals surface area contributed by atoms with Gasteiger partial charge in [0, 0.05) is 49.4 Å². The van der Waals surface area contributed by atoms with Gasteiger partial charge in [0.25, 0.3) is 0 Å². The van der Waals surface area contributed by atoms with Crippen molar-refractivity contribution in [3.63, 3.8) is 0 Å². The van der Waals surface area contributed by atoms with Crippen molar-refractivity contribution >= 4 is 65.4 Å². The van der Waals surface area contributed by atoms with Gasteiger partial charge in [0.2, 0.25) is 0 Å². The van der Waals surface area contributed by atoms with Crippen molar-refractivity contribution in [1.29, 1.82) is 0 Å². The van der Waals surface area contributed by atoms with Crippen LogP contribution >= 0.6 is 0 Å². The summed E-state index contributed by atoms with van der Waals surface area (Å²) in [5, 5.41) is 7.60. The lowest BCUT2D eigenvalue weighted by Crippen LogP contribution is -2.10. The van der Waals surface area contributed by atoms with Gasteiger partial charge >= 0.3 is 0 Å². The molecule has 12 aromatic rings. The molecule has 3 heteroatoms. The van der Waals surface area contributed by atoms with E-state index in [1.807, 2.05) is 0 Å². The lowest BCUT2D eigenvalue weighted by Gasteiger charge is -2.19. The number of rotatable bonds is 5. The van der Waals surface area contributed by atoms with Crippen LogP contribution in [0.25, 0.3) is 105 Å². The van der Waals surface area contributed by atoms with Crippen molar-refractivity contribution in [1.82, 2.24) is 13.7 Å². The maximum Gasteiger partial charge on any atom is 0.0542 e. The molecule has 0 bridgehead atoms. The second kappa shape index (κ2) is 16.5. The molecular formula is C70H67N3. The lowest BCUT2D eigenvalue weighted by atomic mass is 9.85. The maximum atomic E-state index is 2.50. The fourth-order valence-corrected chi connectivity index (χ4v) is 11.4. The summed E-state index contributed by atoms with van der Waals surface area (Å²) < 4.78 is 7.49. The predicted octanol–water partition coefficient (Wildman–Crippen LogP) is 19.5. The zero-order valence-electron chi connectivity index (χ0n) is 44.7. The molecule has 0 fully saturated rings. The SMILES string of the molecule is CC(C)(C)c1ccc2c(c1)c1cc(C(C)(C)C)ccc1n2-c1ccc2c(c1)c1cc(-n3c4ccc(C(C)(C)C)cc4c4cc(C(C)(C)C)ccc43)ccc1n2-c1cccc(-c2cccc(-c3ccccc3)c2)c1. The summed E-state index contributed by atoms with van der Waals surface area (Å²) in [6, 6.07) is 71.6. The van der Waals surface area contributed by atoms with Crippen LogP contribution in [-0.4, -0.2) is 13.7 Å². The minimum absolute atomic E-state index is 0.0187. The molecule has 0 aliphatic carbocycles. The second-order valence-electron chi connectivity index (χ2n) is 24.8. The molecule has 12 rings (SSSR count). The average Bonchev–Trinajstić information content (AvgIpc) is 3.99. The van der Waals surface area contributed by atoms with Gasteiger partial charge < -0.3 is 13.7 Å². The van der Waals surface area contributed by atoms with Gasteiger partial charge in [0.1, 0.15) is 0 Å². The molecule has 0 aliphatic heterocycles. The Morgan fingerprint density at radius 3 is 0.849 bits per heavy atom. The van der Waals surface area contributed by atoms with Crippen LogP contribution in [0.1, 0.15) is 105 Å². The molecule has 3 heterocycles. The Labute approximate surface area is 431 Å². The van der Waals surface area contributed by atoms with Gasteiger partial charge in [-0.15, -0.1) is 0 Å². The topological polar surface area (TPSA) is 14.8 Å². The molecule has 0 spiro atoms. The van der Waals surface area contributed by atoms with Gasteiger partial charge in [-0.2, -0.15) is 0 Å². The van der Waals surface area contributed by atoms with E-state index in [2.05, 4.69) is 285 Å². The van der Waals surface area contributed by atoms with Gasteiger partial charge in [-0.1, -0.05) is 168 Å². The fraction of sp³-hybridized carbons (Fsp3) is 0.229. The Kier molecular flexibility index (Phi) is 10.5. The minimum Gasteiger partial charge on any atom is -0.309 e. The zero-order valence-corrected chi connectivity index (χ0v) is 44.7. The molecule has 0 radical (unpaired) electrons. The smallest absolute Gasteiger partial charge is 0.0542 e. The first-order valence-electron chi connectivity index (χ1n) is 26.2. The molecule has 73 heavy (non-hydrogen) atoms. The Bertz CT molecular complexity index is 3810. The van der Waals surface area contributed by atoms with E-state index in [-0.39, 0.29) is 21.7 Å². The molecule has 0 atom stereocenters. The van der Waals surface area contributed by atoms with E-state index < -0.39 is 0 Å². The molecule has 0 saturated heterocycles. The Hall–Kier alpha value is -7.62. The first kappa shape index (κ1) is 46.5. The van der Waals surface area contributed by atoms with Gasteiger partial charge in [-0.3, -0.25) is 0 Å². The summed E-state index contributed by atoms with van der Waals surface area (Å²) in [5.41, 5.74) is 20.9. The molecule has 9 aromatic carbocycles. The van der Waals surface area contributed by atoms with Crippen LogP contribution in [0.5, 0.6) is 0 Å². The van der Waals surface area contributed by atoms with Gasteiger partial charge in [0.15, 0.2) is 0 Å². The van der Waals surface area contributed by atoms with Crippen LogP contribution in [0, 0.1) is 0 Å². The van der Waals surface area contributed by atoms with E-state index in [1.54, 1.807) is 0 Å². The number of benzene rings is 9. The number of hydrogen-bond acceptors (Lipinski definition) is 0. The molecule has 0 N–H and O–H groups in total. The molecular weight excluding hydrogens is 883 g/mol. The highest BCUT2D eigenvalue weighted by molar-refractivity contribution is 6.14. The van der Waals surface area contributed by atoms with E-state index in [1.165, 1.54) is 110 Å². The number of fused-ring (bicyclic) bond motifs is 9. The fourth-order valence-electron chi connectivity index (χ4n) is 11.4. The standard InChI is InChI=1S/C70H67N3/c1-67(2,3)48-24-30-61-55(38-48)56-39-49(68(4,5)6)25-31-62(56)72(61)53-28-34-65-59(42-53)60-43-54(73-63-32-26-50(69(7,8)9)40-57(63)58-41-51(70(10,11)12)27-33-64(58)73)29-35-66(60)71(65)52-23-17-22-47(37-52)46-21-16-20-45(36-46)44-18-14-13-15-19-44/h13-43H,1-12H3. The second-order valence-corrected chi connectivity index (χ2v) is 24.8. The molecule has 3 aromatic heterocycles. The summed E-state index contributed by atoms with van der Waals surface area (Å²) in [6.07, 6.45) is 0. The highest BCUT2D eigenvalue weighted by atomic mass is 15.0. The van der Waals surface area contributed by atoms with Crippen LogP contribution in [0.3, 0.4) is 0 Å². The third-order valence-corrected chi connectivity index (χ3v) is 15.7. The third kappa shape index (κ3) is 7.87. The van der Waals surface area contributed by atoms with Crippen LogP contribution < -0.4 is 0 Å². The first-order valence-corrected chi connectivity index (χ1v) is 26.2. The molecule has 0 aliphatic rings. The maximum absolute atomic E-state index is 2.50. The molecule has 0 amide bonds. The molecule has 362 valence electrons. The van der Waals surface area contributed by atoms with Crippen molar-refractivity contribution < 1.29 is 0 Å². The van der Waals surface area contributed by atoms with Gasteiger partial charge in [-0.05, 0) is 169 Å². The number of nitrogens with zero attached hydrogens (tertiary/aromatic N) is 3. The number of hydrogen-bond donors (Lipinski definition) is 0. The van der Waals surface area contributed by atoms with Gasteiger partial charge in [0.05, 0.1) is 33.1 Å². The summed E-state index contributed by atoms with van der Waals surface area (Å²) in [5.74, 6) is 0. The minimum atomic E-state index is 0.0187. The van der Waals surface area contributed by atoms with Crippen molar-refractivity contribution in [2.45, 2.75) is 105 Å². The Balaban J connectivity index is 1.12. The highest BCUT2D eigenvalue weighted by Crippen LogP contribution is 2.43. The van der Waals surface area contributed by atoms with E-state index in [0.29, 0.717) is 0 Å². The summed E-state index contributed by atoms with van der Waals surface area (Å²) >= 11 is 0. The van der Waals surface area contributed by atoms with Crippen LogP contribution in [-0.2, 0) is 21.7 Å². The molecule has 0 saturated carbocycles. The summed E-state index contributed by atoms with van der Waals surface area (Å²) in [6.45, 7) is 27.8. The van der Waals surface area contributed by atoms with Crippen molar-refractivity contribution in [2.24, 2.45) is 0 Å². The quantitative estimate of drug-likeness (QED) is 0.163. The normalized spacial score (nSPS) is 12.9.